The first kappa shape index (κ1) is 14.8. The highest BCUT2D eigenvalue weighted by atomic mass is 16.2. The Labute approximate surface area is 130 Å². The fraction of sp³-hybridized carbons (Fsp3) is 0.500. The van der Waals surface area contributed by atoms with Crippen LogP contribution >= 0.6 is 0 Å². The zero-order chi connectivity index (χ0) is 15.7. The molecule has 6 nitrogen and oxygen atoms in total. The van der Waals surface area contributed by atoms with Gasteiger partial charge in [-0.2, -0.15) is 0 Å². The Kier molecular flexibility index (Phi) is 4.02. The van der Waals surface area contributed by atoms with Crippen molar-refractivity contribution < 1.29 is 9.59 Å². The third-order valence-electron chi connectivity index (χ3n) is 4.49. The highest BCUT2D eigenvalue weighted by Gasteiger charge is 2.27. The minimum absolute atomic E-state index is 0.0518. The maximum absolute atomic E-state index is 12.4. The Morgan fingerprint density at radius 1 is 1.41 bits per heavy atom. The number of anilines is 2. The lowest BCUT2D eigenvalue weighted by Gasteiger charge is -2.33. The number of fused-ring (bicyclic) bond motifs is 1. The molecule has 0 radical (unpaired) electrons. The average Bonchev–Trinajstić information content (AvgIpc) is 2.53. The van der Waals surface area contributed by atoms with Crippen LogP contribution in [0.2, 0.25) is 0 Å². The quantitative estimate of drug-likeness (QED) is 0.760. The van der Waals surface area contributed by atoms with Gasteiger partial charge in [-0.25, -0.2) is 0 Å². The van der Waals surface area contributed by atoms with Gasteiger partial charge in [0.1, 0.15) is 6.04 Å². The van der Waals surface area contributed by atoms with Crippen molar-refractivity contribution in [3.8, 4) is 0 Å². The molecule has 2 amide bonds. The topological polar surface area (TPSA) is 73.5 Å². The summed E-state index contributed by atoms with van der Waals surface area (Å²) in [6.07, 6.45) is 2.08. The van der Waals surface area contributed by atoms with Crippen LogP contribution in [0.1, 0.15) is 30.1 Å². The van der Waals surface area contributed by atoms with Crippen LogP contribution in [-0.2, 0) is 4.79 Å². The molecule has 0 spiro atoms. The fourth-order valence-corrected chi connectivity index (χ4v) is 2.95. The van der Waals surface area contributed by atoms with E-state index in [9.17, 15) is 9.59 Å². The minimum atomic E-state index is -0.208. The van der Waals surface area contributed by atoms with Gasteiger partial charge in [-0.15, -0.1) is 0 Å². The van der Waals surface area contributed by atoms with Crippen LogP contribution in [0.3, 0.4) is 0 Å². The number of carbonyl (C=O) groups is 2. The standard InChI is InChI=1S/C16H22N4O2/c1-10-15(21)19-13-8-11(5-6-14(13)20(10)2)16(22)18-12-4-3-7-17-9-12/h5-6,8,10,12,17H,3-4,7,9H2,1-2H3,(H,18,22)(H,19,21)/t10?,12-/m0/s1. The summed E-state index contributed by atoms with van der Waals surface area (Å²) in [7, 11) is 1.88. The highest BCUT2D eigenvalue weighted by molar-refractivity contribution is 6.05. The van der Waals surface area contributed by atoms with Gasteiger partial charge in [-0.1, -0.05) is 0 Å². The van der Waals surface area contributed by atoms with Gasteiger partial charge in [0, 0.05) is 25.2 Å². The summed E-state index contributed by atoms with van der Waals surface area (Å²) in [5.74, 6) is -0.143. The second-order valence-corrected chi connectivity index (χ2v) is 6.02. The van der Waals surface area contributed by atoms with Crippen molar-refractivity contribution in [1.82, 2.24) is 10.6 Å². The SMILES string of the molecule is CC1C(=O)Nc2cc(C(=O)N[C@H]3CCCNC3)ccc2N1C. The smallest absolute Gasteiger partial charge is 0.251 e. The van der Waals surface area contributed by atoms with Crippen molar-refractivity contribution in [3.05, 3.63) is 23.8 Å². The Morgan fingerprint density at radius 3 is 2.95 bits per heavy atom. The molecule has 22 heavy (non-hydrogen) atoms. The second-order valence-electron chi connectivity index (χ2n) is 6.02. The van der Waals surface area contributed by atoms with Gasteiger partial charge in [0.2, 0.25) is 5.91 Å². The molecule has 2 heterocycles. The Morgan fingerprint density at radius 2 is 2.23 bits per heavy atom. The van der Waals surface area contributed by atoms with E-state index in [-0.39, 0.29) is 23.9 Å². The van der Waals surface area contributed by atoms with Crippen molar-refractivity contribution in [2.75, 3.05) is 30.4 Å². The zero-order valence-electron chi connectivity index (χ0n) is 13.0. The first-order valence-corrected chi connectivity index (χ1v) is 7.75. The van der Waals surface area contributed by atoms with Gasteiger partial charge in [-0.05, 0) is 44.5 Å². The average molecular weight is 302 g/mol. The number of rotatable bonds is 2. The van der Waals surface area contributed by atoms with Crippen LogP contribution < -0.4 is 20.9 Å². The van der Waals surface area contributed by atoms with E-state index in [1.807, 2.05) is 31.0 Å². The molecule has 0 bridgehead atoms. The lowest BCUT2D eigenvalue weighted by atomic mass is 10.0. The number of likely N-dealkylation sites (N-methyl/N-ethyl adjacent to an activating group) is 1. The van der Waals surface area contributed by atoms with Crippen LogP contribution in [0.4, 0.5) is 11.4 Å². The molecule has 3 rings (SSSR count). The molecule has 3 N–H and O–H groups in total. The molecule has 1 aromatic rings. The predicted molar refractivity (Wildman–Crippen MR) is 86.3 cm³/mol. The summed E-state index contributed by atoms with van der Waals surface area (Å²) < 4.78 is 0. The Bertz CT molecular complexity index is 596. The van der Waals surface area contributed by atoms with Crippen molar-refractivity contribution >= 4 is 23.2 Å². The highest BCUT2D eigenvalue weighted by Crippen LogP contribution is 2.31. The number of benzene rings is 1. The van der Waals surface area contributed by atoms with Crippen LogP contribution in [0.5, 0.6) is 0 Å². The molecule has 6 heteroatoms. The van der Waals surface area contributed by atoms with E-state index in [2.05, 4.69) is 16.0 Å². The Balaban J connectivity index is 1.77. The van der Waals surface area contributed by atoms with E-state index in [4.69, 9.17) is 0 Å². The van der Waals surface area contributed by atoms with E-state index < -0.39 is 0 Å². The van der Waals surface area contributed by atoms with E-state index in [1.54, 1.807) is 6.07 Å². The van der Waals surface area contributed by atoms with Gasteiger partial charge in [0.15, 0.2) is 0 Å². The molecule has 118 valence electrons. The van der Waals surface area contributed by atoms with Crippen molar-refractivity contribution in [3.63, 3.8) is 0 Å². The van der Waals surface area contributed by atoms with Gasteiger partial charge < -0.3 is 20.9 Å². The third kappa shape index (κ3) is 2.78. The Hall–Kier alpha value is -2.08. The molecule has 1 unspecified atom stereocenters. The normalized spacial score (nSPS) is 24.5. The summed E-state index contributed by atoms with van der Waals surface area (Å²) in [5.41, 5.74) is 2.20. The molecule has 2 aliphatic heterocycles. The number of hydrogen-bond acceptors (Lipinski definition) is 4. The van der Waals surface area contributed by atoms with E-state index in [0.717, 1.165) is 31.6 Å². The number of amides is 2. The maximum Gasteiger partial charge on any atom is 0.251 e. The first-order valence-electron chi connectivity index (χ1n) is 7.75. The molecule has 2 atom stereocenters. The lowest BCUT2D eigenvalue weighted by Crippen LogP contribution is -2.46. The number of piperidine rings is 1. The van der Waals surface area contributed by atoms with Crippen LogP contribution in [-0.4, -0.2) is 44.0 Å². The molecule has 2 aliphatic rings. The van der Waals surface area contributed by atoms with E-state index in [0.29, 0.717) is 11.3 Å². The van der Waals surface area contributed by atoms with Crippen molar-refractivity contribution in [1.29, 1.82) is 0 Å². The summed E-state index contributed by atoms with van der Waals surface area (Å²) >= 11 is 0. The number of carbonyl (C=O) groups excluding carboxylic acids is 2. The van der Waals surface area contributed by atoms with Crippen molar-refractivity contribution in [2.24, 2.45) is 0 Å². The van der Waals surface area contributed by atoms with Gasteiger partial charge in [0.25, 0.3) is 5.91 Å². The van der Waals surface area contributed by atoms with Gasteiger partial charge >= 0.3 is 0 Å². The third-order valence-corrected chi connectivity index (χ3v) is 4.49. The van der Waals surface area contributed by atoms with Crippen molar-refractivity contribution in [2.45, 2.75) is 31.8 Å². The minimum Gasteiger partial charge on any atom is -0.361 e. The molecular weight excluding hydrogens is 280 g/mol. The summed E-state index contributed by atoms with van der Waals surface area (Å²) in [6, 6.07) is 5.42. The van der Waals surface area contributed by atoms with Gasteiger partial charge in [-0.3, -0.25) is 9.59 Å². The number of nitrogens with zero attached hydrogens (tertiary/aromatic N) is 1. The fourth-order valence-electron chi connectivity index (χ4n) is 2.95. The maximum atomic E-state index is 12.4. The monoisotopic (exact) mass is 302 g/mol. The zero-order valence-corrected chi connectivity index (χ0v) is 13.0. The van der Waals surface area contributed by atoms with Crippen LogP contribution in [0, 0.1) is 0 Å². The summed E-state index contributed by atoms with van der Waals surface area (Å²) in [6.45, 7) is 3.68. The molecular formula is C16H22N4O2. The van der Waals surface area contributed by atoms with E-state index in [1.165, 1.54) is 0 Å². The number of nitrogens with one attached hydrogen (secondary N) is 3. The number of hydrogen-bond donors (Lipinski definition) is 3. The predicted octanol–water partition coefficient (Wildman–Crippen LogP) is 0.945. The second kappa shape index (κ2) is 5.96. The van der Waals surface area contributed by atoms with E-state index >= 15 is 0 Å². The molecule has 1 fully saturated rings. The van der Waals surface area contributed by atoms with Gasteiger partial charge in [0.05, 0.1) is 11.4 Å². The molecule has 0 aliphatic carbocycles. The molecule has 1 saturated heterocycles. The van der Waals surface area contributed by atoms with Crippen LogP contribution in [0.15, 0.2) is 18.2 Å². The first-order chi connectivity index (χ1) is 10.6. The molecule has 0 aromatic heterocycles. The largest absolute Gasteiger partial charge is 0.361 e. The van der Waals surface area contributed by atoms with Crippen LogP contribution in [0.25, 0.3) is 0 Å². The summed E-state index contributed by atoms with van der Waals surface area (Å²) in [4.78, 5) is 26.2. The lowest BCUT2D eigenvalue weighted by molar-refractivity contribution is -0.117. The molecule has 0 saturated carbocycles. The molecule has 1 aromatic carbocycles. The summed E-state index contributed by atoms with van der Waals surface area (Å²) in [5, 5.41) is 9.19.